The first-order valence-corrected chi connectivity index (χ1v) is 10.7. The second-order valence-corrected chi connectivity index (χ2v) is 9.68. The van der Waals surface area contributed by atoms with Crippen LogP contribution in [-0.2, 0) is 10.0 Å². The Morgan fingerprint density at radius 2 is 1.90 bits per heavy atom. The van der Waals surface area contributed by atoms with Crippen LogP contribution < -0.4 is 10.0 Å². The van der Waals surface area contributed by atoms with Crippen LogP contribution in [0.2, 0.25) is 0 Å². The molecule has 0 spiro atoms. The molecule has 2 rings (SSSR count). The van der Waals surface area contributed by atoms with E-state index in [0.717, 1.165) is 6.07 Å². The number of hydrogen-bond acceptors (Lipinski definition) is 4. The van der Waals surface area contributed by atoms with Gasteiger partial charge in [0.15, 0.2) is 0 Å². The highest BCUT2D eigenvalue weighted by molar-refractivity contribution is 7.92. The van der Waals surface area contributed by atoms with E-state index in [0.29, 0.717) is 18.5 Å². The number of carbonyl (C=O) groups is 1. The van der Waals surface area contributed by atoms with Crippen LogP contribution in [0, 0.1) is 18.2 Å². The molecule has 0 aliphatic heterocycles. The maximum atomic E-state index is 13.7. The zero-order chi connectivity index (χ0) is 21.8. The first-order chi connectivity index (χ1) is 13.4. The number of sulfonamides is 1. The van der Waals surface area contributed by atoms with Gasteiger partial charge in [0.05, 0.1) is 11.0 Å². The van der Waals surface area contributed by atoms with Crippen LogP contribution in [0.5, 0.6) is 0 Å². The summed E-state index contributed by atoms with van der Waals surface area (Å²) in [4.78, 5) is 12.2. The summed E-state index contributed by atoms with van der Waals surface area (Å²) >= 11 is 0. The van der Waals surface area contributed by atoms with Crippen molar-refractivity contribution in [2.75, 3.05) is 11.3 Å². The van der Waals surface area contributed by atoms with Crippen molar-refractivity contribution in [1.82, 2.24) is 5.32 Å². The lowest BCUT2D eigenvalue weighted by atomic mass is 9.87. The molecule has 1 atom stereocenters. The molecule has 2 aromatic rings. The number of benzene rings is 2. The number of hydrogen-bond donors (Lipinski definition) is 3. The maximum absolute atomic E-state index is 13.7. The normalized spacial score (nSPS) is 13.0. The van der Waals surface area contributed by atoms with Crippen LogP contribution in [0.4, 0.5) is 10.1 Å². The number of aliphatic hydroxyl groups is 1. The molecule has 6 nitrogen and oxygen atoms in total. The summed E-state index contributed by atoms with van der Waals surface area (Å²) in [5.74, 6) is -0.966. The number of nitrogens with one attached hydrogen (secondary N) is 2. The maximum Gasteiger partial charge on any atom is 0.261 e. The Hall–Kier alpha value is -2.45. The second kappa shape index (κ2) is 8.92. The standard InChI is InChI=1S/C21H27FN2O4S/c1-14-8-9-18(11-19(14)22)29(27,28)24-17-7-5-6-16(10-17)20(26)23-13-21(3,4)12-15(2)25/h5-11,15,24-25H,12-13H2,1-4H3,(H,23,26)/t15-/m1/s1. The predicted molar refractivity (Wildman–Crippen MR) is 111 cm³/mol. The van der Waals surface area contributed by atoms with E-state index >= 15 is 0 Å². The molecule has 0 fully saturated rings. The third kappa shape index (κ3) is 6.54. The summed E-state index contributed by atoms with van der Waals surface area (Å²) in [6.07, 6.45) is 0.0477. The Morgan fingerprint density at radius 3 is 2.52 bits per heavy atom. The van der Waals surface area contributed by atoms with E-state index in [-0.39, 0.29) is 27.5 Å². The van der Waals surface area contributed by atoms with Crippen molar-refractivity contribution in [2.24, 2.45) is 5.41 Å². The fourth-order valence-electron chi connectivity index (χ4n) is 2.97. The molecule has 8 heteroatoms. The molecule has 0 radical (unpaired) electrons. The highest BCUT2D eigenvalue weighted by atomic mass is 32.2. The number of amides is 1. The van der Waals surface area contributed by atoms with E-state index in [9.17, 15) is 22.7 Å². The molecular formula is C21H27FN2O4S. The van der Waals surface area contributed by atoms with E-state index < -0.39 is 21.9 Å². The van der Waals surface area contributed by atoms with Crippen LogP contribution >= 0.6 is 0 Å². The third-order valence-electron chi connectivity index (χ3n) is 4.41. The molecule has 0 aliphatic carbocycles. The van der Waals surface area contributed by atoms with Gasteiger partial charge in [-0.2, -0.15) is 0 Å². The summed E-state index contributed by atoms with van der Waals surface area (Å²) in [7, 11) is -3.99. The highest BCUT2D eigenvalue weighted by Crippen LogP contribution is 2.22. The molecule has 0 bridgehead atoms. The molecule has 0 unspecified atom stereocenters. The Labute approximate surface area is 171 Å². The molecule has 29 heavy (non-hydrogen) atoms. The SMILES string of the molecule is Cc1ccc(S(=O)(=O)Nc2cccc(C(=O)NCC(C)(C)C[C@@H](C)O)c2)cc1F. The summed E-state index contributed by atoms with van der Waals surface area (Å²) in [5.41, 5.74) is 0.537. The minimum absolute atomic E-state index is 0.196. The van der Waals surface area contributed by atoms with Crippen molar-refractivity contribution < 1.29 is 22.7 Å². The zero-order valence-electron chi connectivity index (χ0n) is 17.0. The Kier molecular flexibility index (Phi) is 7.02. The van der Waals surface area contributed by atoms with Gasteiger partial charge in [0.25, 0.3) is 15.9 Å². The number of aryl methyl sites for hydroxylation is 1. The molecule has 0 saturated heterocycles. The second-order valence-electron chi connectivity index (χ2n) is 8.00. The van der Waals surface area contributed by atoms with Gasteiger partial charge >= 0.3 is 0 Å². The van der Waals surface area contributed by atoms with Crippen LogP contribution in [0.1, 0.15) is 43.1 Å². The van der Waals surface area contributed by atoms with Crippen molar-refractivity contribution in [3.8, 4) is 0 Å². The molecule has 1 amide bonds. The molecule has 3 N–H and O–H groups in total. The lowest BCUT2D eigenvalue weighted by Gasteiger charge is -2.26. The first-order valence-electron chi connectivity index (χ1n) is 9.25. The van der Waals surface area contributed by atoms with E-state index in [2.05, 4.69) is 10.0 Å². The van der Waals surface area contributed by atoms with E-state index in [1.807, 2.05) is 13.8 Å². The van der Waals surface area contributed by atoms with Gasteiger partial charge < -0.3 is 10.4 Å². The molecule has 158 valence electrons. The number of halogens is 1. The molecular weight excluding hydrogens is 395 g/mol. The number of anilines is 1. The first kappa shape index (κ1) is 22.8. The number of carbonyl (C=O) groups excluding carboxylic acids is 1. The zero-order valence-corrected chi connectivity index (χ0v) is 17.8. The lowest BCUT2D eigenvalue weighted by molar-refractivity contribution is 0.0902. The van der Waals surface area contributed by atoms with Gasteiger partial charge in [0, 0.05) is 17.8 Å². The largest absolute Gasteiger partial charge is 0.393 e. The summed E-state index contributed by atoms with van der Waals surface area (Å²) in [5, 5.41) is 12.3. The Bertz CT molecular complexity index is 988. The van der Waals surface area contributed by atoms with Crippen molar-refractivity contribution in [1.29, 1.82) is 0 Å². The molecule has 2 aromatic carbocycles. The van der Waals surface area contributed by atoms with Crippen molar-refractivity contribution in [3.05, 3.63) is 59.4 Å². The van der Waals surface area contributed by atoms with Gasteiger partial charge in [0.2, 0.25) is 0 Å². The molecule has 0 saturated carbocycles. The van der Waals surface area contributed by atoms with E-state index in [4.69, 9.17) is 0 Å². The number of rotatable bonds is 8. The summed E-state index contributed by atoms with van der Waals surface area (Å²) in [6, 6.07) is 9.72. The minimum Gasteiger partial charge on any atom is -0.393 e. The van der Waals surface area contributed by atoms with Gasteiger partial charge in [-0.15, -0.1) is 0 Å². The fourth-order valence-corrected chi connectivity index (χ4v) is 4.03. The number of aliphatic hydroxyl groups excluding tert-OH is 1. The topological polar surface area (TPSA) is 95.5 Å². The van der Waals surface area contributed by atoms with Crippen molar-refractivity contribution in [3.63, 3.8) is 0 Å². The minimum atomic E-state index is -3.99. The van der Waals surface area contributed by atoms with Crippen molar-refractivity contribution in [2.45, 2.75) is 45.1 Å². The van der Waals surface area contributed by atoms with Gasteiger partial charge in [-0.3, -0.25) is 9.52 Å². The van der Waals surface area contributed by atoms with Crippen LogP contribution in [0.15, 0.2) is 47.4 Å². The summed E-state index contributed by atoms with van der Waals surface area (Å²) < 4.78 is 41.1. The van der Waals surface area contributed by atoms with Crippen LogP contribution in [0.25, 0.3) is 0 Å². The van der Waals surface area contributed by atoms with Crippen LogP contribution in [-0.4, -0.2) is 32.1 Å². The highest BCUT2D eigenvalue weighted by Gasteiger charge is 2.22. The van der Waals surface area contributed by atoms with Gasteiger partial charge in [0.1, 0.15) is 5.82 Å². The monoisotopic (exact) mass is 422 g/mol. The Balaban J connectivity index is 2.12. The van der Waals surface area contributed by atoms with Gasteiger partial charge in [-0.05, 0) is 61.6 Å². The van der Waals surface area contributed by atoms with Gasteiger partial charge in [-0.25, -0.2) is 12.8 Å². The van der Waals surface area contributed by atoms with Gasteiger partial charge in [-0.1, -0.05) is 26.0 Å². The van der Waals surface area contributed by atoms with E-state index in [1.54, 1.807) is 26.0 Å². The molecule has 0 aliphatic rings. The predicted octanol–water partition coefficient (Wildman–Crippen LogP) is 3.46. The lowest BCUT2D eigenvalue weighted by Crippen LogP contribution is -2.35. The van der Waals surface area contributed by atoms with Crippen LogP contribution in [0.3, 0.4) is 0 Å². The quantitative estimate of drug-likeness (QED) is 0.607. The Morgan fingerprint density at radius 1 is 1.21 bits per heavy atom. The molecule has 0 aromatic heterocycles. The molecule has 0 heterocycles. The van der Waals surface area contributed by atoms with E-state index in [1.165, 1.54) is 24.3 Å². The summed E-state index contributed by atoms with van der Waals surface area (Å²) in [6.45, 7) is 7.47. The third-order valence-corrected chi connectivity index (χ3v) is 5.79. The smallest absolute Gasteiger partial charge is 0.261 e. The average Bonchev–Trinajstić information content (AvgIpc) is 2.60. The fraction of sp³-hybridized carbons (Fsp3) is 0.381. The van der Waals surface area contributed by atoms with Crippen molar-refractivity contribution >= 4 is 21.6 Å². The average molecular weight is 423 g/mol.